The van der Waals surface area contributed by atoms with Crippen molar-refractivity contribution < 1.29 is 0 Å². The van der Waals surface area contributed by atoms with Crippen LogP contribution in [0.4, 0.5) is 5.69 Å². The van der Waals surface area contributed by atoms with Gasteiger partial charge in [-0.05, 0) is 47.9 Å². The summed E-state index contributed by atoms with van der Waals surface area (Å²) in [6, 6.07) is 14.1. The zero-order valence-corrected chi connectivity index (χ0v) is 14.7. The normalized spacial score (nSPS) is 13.3. The molecule has 26 heavy (non-hydrogen) atoms. The monoisotopic (exact) mass is 341 g/mol. The van der Waals surface area contributed by atoms with Gasteiger partial charge in [-0.3, -0.25) is 15.4 Å². The molecule has 3 heterocycles. The van der Waals surface area contributed by atoms with Gasteiger partial charge in [-0.1, -0.05) is 19.9 Å². The van der Waals surface area contributed by atoms with Crippen LogP contribution < -0.4 is 5.43 Å². The van der Waals surface area contributed by atoms with Crippen molar-refractivity contribution in [2.75, 3.05) is 0 Å². The lowest BCUT2D eigenvalue weighted by Gasteiger charge is -2.11. The summed E-state index contributed by atoms with van der Waals surface area (Å²) in [4.78, 5) is 13.2. The average molecular weight is 341 g/mol. The zero-order valence-electron chi connectivity index (χ0n) is 14.7. The molecule has 0 unspecified atom stereocenters. The molecule has 1 aromatic carbocycles. The average Bonchev–Trinajstić information content (AvgIpc) is 2.88. The number of aliphatic imine (C=N–C) groups is 1. The molecule has 0 saturated heterocycles. The van der Waals surface area contributed by atoms with Crippen LogP contribution in [0.15, 0.2) is 77.3 Å². The molecule has 1 aliphatic rings. The number of rotatable bonds is 3. The minimum absolute atomic E-state index is 0.424. The maximum absolute atomic E-state index is 4.82. The molecular weight excluding hydrogens is 322 g/mol. The van der Waals surface area contributed by atoms with Gasteiger partial charge in [0, 0.05) is 41.5 Å². The molecule has 0 bridgehead atoms. The quantitative estimate of drug-likeness (QED) is 0.782. The van der Waals surface area contributed by atoms with Crippen molar-refractivity contribution in [3.8, 4) is 0 Å². The van der Waals surface area contributed by atoms with E-state index in [1.54, 1.807) is 18.6 Å². The molecule has 2 aromatic heterocycles. The Balaban J connectivity index is 1.89. The molecule has 5 nitrogen and oxygen atoms in total. The Labute approximate surface area is 152 Å². The highest BCUT2D eigenvalue weighted by Crippen LogP contribution is 2.29. The van der Waals surface area contributed by atoms with Crippen molar-refractivity contribution in [1.29, 1.82) is 0 Å². The first-order valence-electron chi connectivity index (χ1n) is 8.60. The number of amidine groups is 1. The lowest BCUT2D eigenvalue weighted by Crippen LogP contribution is -2.19. The maximum Gasteiger partial charge on any atom is 0.155 e. The molecule has 0 fully saturated rings. The van der Waals surface area contributed by atoms with Crippen LogP contribution in [0.2, 0.25) is 0 Å². The van der Waals surface area contributed by atoms with E-state index in [4.69, 9.17) is 4.99 Å². The minimum atomic E-state index is 0.424. The molecule has 1 N–H and O–H groups in total. The lowest BCUT2D eigenvalue weighted by molar-refractivity contribution is 0.866. The van der Waals surface area contributed by atoms with Crippen molar-refractivity contribution in [3.05, 3.63) is 89.5 Å². The third kappa shape index (κ3) is 3.11. The van der Waals surface area contributed by atoms with E-state index >= 15 is 0 Å². The SMILES string of the molecule is CC(C)c1ccc2c(c1)C(c1cccnc1)=NNC(c1cccnc1)=N2. The summed E-state index contributed by atoms with van der Waals surface area (Å²) in [6.07, 6.45) is 7.10. The van der Waals surface area contributed by atoms with Crippen LogP contribution in [-0.4, -0.2) is 21.5 Å². The van der Waals surface area contributed by atoms with E-state index in [-0.39, 0.29) is 0 Å². The van der Waals surface area contributed by atoms with Gasteiger partial charge < -0.3 is 0 Å². The third-order valence-corrected chi connectivity index (χ3v) is 4.32. The zero-order chi connectivity index (χ0) is 17.9. The summed E-state index contributed by atoms with van der Waals surface area (Å²) in [5, 5.41) is 4.66. The number of fused-ring (bicyclic) bond motifs is 1. The molecule has 5 heteroatoms. The third-order valence-electron chi connectivity index (χ3n) is 4.32. The van der Waals surface area contributed by atoms with Crippen LogP contribution in [0.5, 0.6) is 0 Å². The Bertz CT molecular complexity index is 976. The Morgan fingerprint density at radius 1 is 0.885 bits per heavy atom. The predicted octanol–water partition coefficient (Wildman–Crippen LogP) is 4.03. The molecule has 0 saturated carbocycles. The first-order chi connectivity index (χ1) is 12.7. The summed E-state index contributed by atoms with van der Waals surface area (Å²) < 4.78 is 0. The van der Waals surface area contributed by atoms with E-state index in [9.17, 15) is 0 Å². The first-order valence-corrected chi connectivity index (χ1v) is 8.60. The maximum atomic E-state index is 4.82. The van der Waals surface area contributed by atoms with Crippen LogP contribution in [0.1, 0.15) is 42.0 Å². The number of hydrogen-bond donors (Lipinski definition) is 1. The predicted molar refractivity (Wildman–Crippen MR) is 104 cm³/mol. The van der Waals surface area contributed by atoms with Crippen LogP contribution in [0, 0.1) is 0 Å². The lowest BCUT2D eigenvalue weighted by atomic mass is 9.95. The fourth-order valence-electron chi connectivity index (χ4n) is 2.87. The minimum Gasteiger partial charge on any atom is -0.264 e. The largest absolute Gasteiger partial charge is 0.264 e. The van der Waals surface area contributed by atoms with E-state index in [2.05, 4.69) is 52.5 Å². The second-order valence-corrected chi connectivity index (χ2v) is 6.45. The Morgan fingerprint density at radius 2 is 1.62 bits per heavy atom. The van der Waals surface area contributed by atoms with Gasteiger partial charge in [0.25, 0.3) is 0 Å². The number of benzene rings is 1. The molecule has 128 valence electrons. The standard InChI is InChI=1S/C21H19N5/c1-14(2)15-7-8-19-18(11-15)20(16-5-3-9-22-12-16)25-26-21(24-19)17-6-4-10-23-13-17/h3-14H,1-2H3,(H,24,26). The molecule has 1 aliphatic heterocycles. The van der Waals surface area contributed by atoms with Crippen molar-refractivity contribution >= 4 is 17.2 Å². The number of hydrogen-bond acceptors (Lipinski definition) is 5. The number of nitrogens with one attached hydrogen (secondary N) is 1. The fraction of sp³-hybridized carbons (Fsp3) is 0.143. The summed E-state index contributed by atoms with van der Waals surface area (Å²) in [5.74, 6) is 1.10. The van der Waals surface area contributed by atoms with Gasteiger partial charge in [-0.15, -0.1) is 0 Å². The number of hydrazone groups is 1. The van der Waals surface area contributed by atoms with E-state index in [0.29, 0.717) is 11.8 Å². The van der Waals surface area contributed by atoms with Gasteiger partial charge in [0.2, 0.25) is 0 Å². The van der Waals surface area contributed by atoms with Gasteiger partial charge in [0.15, 0.2) is 5.84 Å². The summed E-state index contributed by atoms with van der Waals surface area (Å²) in [5.41, 5.74) is 8.91. The molecule has 0 atom stereocenters. The van der Waals surface area contributed by atoms with Crippen LogP contribution >= 0.6 is 0 Å². The van der Waals surface area contributed by atoms with E-state index in [1.165, 1.54) is 5.56 Å². The number of aromatic nitrogens is 2. The highest BCUT2D eigenvalue weighted by atomic mass is 15.3. The van der Waals surface area contributed by atoms with Gasteiger partial charge in [0.1, 0.15) is 5.71 Å². The van der Waals surface area contributed by atoms with Crippen molar-refractivity contribution in [2.45, 2.75) is 19.8 Å². The second-order valence-electron chi connectivity index (χ2n) is 6.45. The molecule has 0 spiro atoms. The molecule has 0 radical (unpaired) electrons. The first kappa shape index (κ1) is 16.1. The van der Waals surface area contributed by atoms with Gasteiger partial charge in [-0.2, -0.15) is 5.10 Å². The molecule has 4 rings (SSSR count). The van der Waals surface area contributed by atoms with Crippen molar-refractivity contribution in [2.24, 2.45) is 10.1 Å². The number of nitrogens with zero attached hydrogens (tertiary/aromatic N) is 4. The van der Waals surface area contributed by atoms with Crippen LogP contribution in [-0.2, 0) is 0 Å². The topological polar surface area (TPSA) is 62.5 Å². The molecule has 3 aromatic rings. The van der Waals surface area contributed by atoms with Crippen LogP contribution in [0.3, 0.4) is 0 Å². The Morgan fingerprint density at radius 3 is 2.27 bits per heavy atom. The second kappa shape index (κ2) is 6.88. The Kier molecular flexibility index (Phi) is 4.27. The fourth-order valence-corrected chi connectivity index (χ4v) is 2.87. The number of pyridine rings is 2. The van der Waals surface area contributed by atoms with Gasteiger partial charge >= 0.3 is 0 Å². The highest BCUT2D eigenvalue weighted by Gasteiger charge is 2.18. The van der Waals surface area contributed by atoms with E-state index in [0.717, 1.165) is 28.1 Å². The molecule has 0 amide bonds. The summed E-state index contributed by atoms with van der Waals surface area (Å²) >= 11 is 0. The van der Waals surface area contributed by atoms with Crippen LogP contribution in [0.25, 0.3) is 0 Å². The Hall–Kier alpha value is -3.34. The van der Waals surface area contributed by atoms with Gasteiger partial charge in [0.05, 0.1) is 5.69 Å². The van der Waals surface area contributed by atoms with Crippen molar-refractivity contribution in [3.63, 3.8) is 0 Å². The highest BCUT2D eigenvalue weighted by molar-refractivity contribution is 6.17. The molecule has 0 aliphatic carbocycles. The molecular formula is C21H19N5. The van der Waals surface area contributed by atoms with E-state index < -0.39 is 0 Å². The van der Waals surface area contributed by atoms with Crippen molar-refractivity contribution in [1.82, 2.24) is 15.4 Å². The smallest absolute Gasteiger partial charge is 0.155 e. The summed E-state index contributed by atoms with van der Waals surface area (Å²) in [7, 11) is 0. The van der Waals surface area contributed by atoms with Gasteiger partial charge in [-0.25, -0.2) is 4.99 Å². The summed E-state index contributed by atoms with van der Waals surface area (Å²) in [6.45, 7) is 4.36. The van der Waals surface area contributed by atoms with E-state index in [1.807, 2.05) is 30.5 Å².